The van der Waals surface area contributed by atoms with Gasteiger partial charge < -0.3 is 5.32 Å². The average molecular weight is 305 g/mol. The van der Waals surface area contributed by atoms with E-state index in [0.717, 1.165) is 29.1 Å². The summed E-state index contributed by atoms with van der Waals surface area (Å²) in [6.07, 6.45) is -3.62. The van der Waals surface area contributed by atoms with Crippen LogP contribution < -0.4 is 5.32 Å². The van der Waals surface area contributed by atoms with E-state index in [2.05, 4.69) is 10.4 Å². The summed E-state index contributed by atoms with van der Waals surface area (Å²) < 4.78 is 63.5. The van der Waals surface area contributed by atoms with Gasteiger partial charge >= 0.3 is 6.18 Å². The van der Waals surface area contributed by atoms with Crippen molar-refractivity contribution >= 4 is 11.6 Å². The van der Waals surface area contributed by atoms with Crippen LogP contribution in [0.2, 0.25) is 0 Å². The highest BCUT2D eigenvalue weighted by Gasteiger charge is 2.33. The molecule has 0 spiro atoms. The summed E-state index contributed by atoms with van der Waals surface area (Å²) in [6, 6.07) is 3.10. The zero-order valence-corrected chi connectivity index (χ0v) is 10.3. The maximum absolute atomic E-state index is 12.9. The molecule has 0 aliphatic rings. The van der Waals surface area contributed by atoms with Crippen LogP contribution in [0, 0.1) is 11.6 Å². The second-order valence-corrected chi connectivity index (χ2v) is 4.10. The third-order valence-electron chi connectivity index (χ3n) is 2.38. The molecule has 0 atom stereocenters. The number of nitrogens with zero attached hydrogens (tertiary/aromatic N) is 2. The summed E-state index contributed by atoms with van der Waals surface area (Å²) in [4.78, 5) is 11.6. The van der Waals surface area contributed by atoms with Crippen molar-refractivity contribution in [1.29, 1.82) is 0 Å². The Morgan fingerprint density at radius 3 is 2.33 bits per heavy atom. The van der Waals surface area contributed by atoms with Gasteiger partial charge in [-0.25, -0.2) is 8.78 Å². The normalized spacial score (nSPS) is 11.5. The predicted molar refractivity (Wildman–Crippen MR) is 62.2 cm³/mol. The molecule has 2 aromatic rings. The standard InChI is InChI=1S/C12H8F5N3O/c13-7-3-8(14)5-9(4-7)18-11(21)6-20-2-1-10(19-20)12(15,16)17/h1-5H,6H2,(H,18,21). The Hall–Kier alpha value is -2.45. The van der Waals surface area contributed by atoms with Crippen LogP contribution in [0.3, 0.4) is 0 Å². The van der Waals surface area contributed by atoms with Gasteiger partial charge in [0.25, 0.3) is 0 Å². The number of alkyl halides is 3. The lowest BCUT2D eigenvalue weighted by atomic mass is 10.3. The monoisotopic (exact) mass is 305 g/mol. The predicted octanol–water partition coefficient (Wildman–Crippen LogP) is 2.82. The average Bonchev–Trinajstić information content (AvgIpc) is 2.75. The molecule has 1 amide bonds. The first-order valence-electron chi connectivity index (χ1n) is 5.60. The van der Waals surface area contributed by atoms with Gasteiger partial charge in [0.05, 0.1) is 0 Å². The van der Waals surface area contributed by atoms with Crippen molar-refractivity contribution in [3.05, 3.63) is 47.8 Å². The van der Waals surface area contributed by atoms with Crippen molar-refractivity contribution in [2.24, 2.45) is 0 Å². The molecule has 0 radical (unpaired) electrons. The molecule has 21 heavy (non-hydrogen) atoms. The first kappa shape index (κ1) is 14.9. The van der Waals surface area contributed by atoms with Crippen molar-refractivity contribution in [1.82, 2.24) is 9.78 Å². The zero-order valence-electron chi connectivity index (χ0n) is 10.3. The van der Waals surface area contributed by atoms with E-state index in [4.69, 9.17) is 0 Å². The highest BCUT2D eigenvalue weighted by atomic mass is 19.4. The molecule has 0 unspecified atom stereocenters. The van der Waals surface area contributed by atoms with Gasteiger partial charge in [0.15, 0.2) is 5.69 Å². The lowest BCUT2D eigenvalue weighted by Crippen LogP contribution is -2.20. The molecule has 1 N–H and O–H groups in total. The molecule has 0 fully saturated rings. The maximum Gasteiger partial charge on any atom is 0.435 e. The van der Waals surface area contributed by atoms with E-state index in [9.17, 15) is 26.7 Å². The Labute approximate surface area is 115 Å². The quantitative estimate of drug-likeness (QED) is 0.886. The molecule has 1 heterocycles. The number of rotatable bonds is 3. The van der Waals surface area contributed by atoms with E-state index in [-0.39, 0.29) is 5.69 Å². The van der Waals surface area contributed by atoms with Gasteiger partial charge in [-0.2, -0.15) is 18.3 Å². The van der Waals surface area contributed by atoms with Gasteiger partial charge in [-0.1, -0.05) is 0 Å². The van der Waals surface area contributed by atoms with Crippen LogP contribution in [0.1, 0.15) is 5.69 Å². The number of halogens is 5. The lowest BCUT2D eigenvalue weighted by molar-refractivity contribution is -0.141. The summed E-state index contributed by atoms with van der Waals surface area (Å²) in [5.74, 6) is -2.54. The number of amides is 1. The van der Waals surface area contributed by atoms with Gasteiger partial charge in [0.2, 0.25) is 5.91 Å². The van der Waals surface area contributed by atoms with E-state index in [1.165, 1.54) is 0 Å². The molecule has 2 rings (SSSR count). The van der Waals surface area contributed by atoms with Crippen molar-refractivity contribution in [3.63, 3.8) is 0 Å². The van der Waals surface area contributed by atoms with Crippen molar-refractivity contribution < 1.29 is 26.7 Å². The summed E-state index contributed by atoms with van der Waals surface area (Å²) in [5, 5.41) is 5.34. The van der Waals surface area contributed by atoms with Gasteiger partial charge in [-0.3, -0.25) is 9.48 Å². The third-order valence-corrected chi connectivity index (χ3v) is 2.38. The number of benzene rings is 1. The van der Waals surface area contributed by atoms with Gasteiger partial charge in [-0.05, 0) is 18.2 Å². The smallest absolute Gasteiger partial charge is 0.324 e. The third kappa shape index (κ3) is 4.01. The second kappa shape index (κ2) is 5.51. The first-order chi connectivity index (χ1) is 9.74. The Morgan fingerprint density at radius 2 is 1.81 bits per heavy atom. The van der Waals surface area contributed by atoms with Crippen LogP contribution in [-0.2, 0) is 17.5 Å². The topological polar surface area (TPSA) is 46.9 Å². The van der Waals surface area contributed by atoms with Gasteiger partial charge in [0.1, 0.15) is 18.2 Å². The van der Waals surface area contributed by atoms with Crippen LogP contribution in [-0.4, -0.2) is 15.7 Å². The van der Waals surface area contributed by atoms with Gasteiger partial charge in [0, 0.05) is 18.0 Å². The van der Waals surface area contributed by atoms with Crippen molar-refractivity contribution in [2.75, 3.05) is 5.32 Å². The minimum absolute atomic E-state index is 0.138. The van der Waals surface area contributed by atoms with Crippen LogP contribution in [0.4, 0.5) is 27.6 Å². The first-order valence-corrected chi connectivity index (χ1v) is 5.60. The fourth-order valence-electron chi connectivity index (χ4n) is 1.57. The molecule has 4 nitrogen and oxygen atoms in total. The summed E-state index contributed by atoms with van der Waals surface area (Å²) >= 11 is 0. The minimum atomic E-state index is -4.60. The summed E-state index contributed by atoms with van der Waals surface area (Å²) in [6.45, 7) is -0.520. The second-order valence-electron chi connectivity index (χ2n) is 4.10. The Morgan fingerprint density at radius 1 is 1.19 bits per heavy atom. The highest BCUT2D eigenvalue weighted by molar-refractivity contribution is 5.90. The lowest BCUT2D eigenvalue weighted by Gasteiger charge is -2.06. The number of carbonyl (C=O) groups is 1. The number of hydrogen-bond acceptors (Lipinski definition) is 2. The Kier molecular flexibility index (Phi) is 3.92. The molecule has 0 aliphatic heterocycles. The minimum Gasteiger partial charge on any atom is -0.324 e. The Bertz CT molecular complexity index is 645. The molecule has 0 saturated carbocycles. The SMILES string of the molecule is O=C(Cn1ccc(C(F)(F)F)n1)Nc1cc(F)cc(F)c1. The molecular weight excluding hydrogens is 297 g/mol. The van der Waals surface area contributed by atoms with Crippen molar-refractivity contribution in [3.8, 4) is 0 Å². The fraction of sp³-hybridized carbons (Fsp3) is 0.167. The van der Waals surface area contributed by atoms with Crippen LogP contribution >= 0.6 is 0 Å². The summed E-state index contributed by atoms with van der Waals surface area (Å²) in [7, 11) is 0. The van der Waals surface area contributed by atoms with E-state index in [1.54, 1.807) is 0 Å². The molecule has 112 valence electrons. The molecule has 1 aromatic carbocycles. The van der Waals surface area contributed by atoms with Gasteiger partial charge in [-0.15, -0.1) is 0 Å². The van der Waals surface area contributed by atoms with Crippen molar-refractivity contribution in [2.45, 2.75) is 12.7 Å². The van der Waals surface area contributed by atoms with Crippen LogP contribution in [0.15, 0.2) is 30.5 Å². The molecule has 0 bridgehead atoms. The maximum atomic E-state index is 12.9. The molecule has 0 aliphatic carbocycles. The molecular formula is C12H8F5N3O. The number of nitrogens with one attached hydrogen (secondary N) is 1. The van der Waals surface area contributed by atoms with Crippen LogP contribution in [0.25, 0.3) is 0 Å². The van der Waals surface area contributed by atoms with E-state index in [0.29, 0.717) is 6.07 Å². The molecule has 1 aromatic heterocycles. The number of aromatic nitrogens is 2. The number of hydrogen-bond donors (Lipinski definition) is 1. The molecule has 0 saturated heterocycles. The Balaban J connectivity index is 2.03. The molecule has 9 heteroatoms. The highest BCUT2D eigenvalue weighted by Crippen LogP contribution is 2.27. The van der Waals surface area contributed by atoms with E-state index < -0.39 is 36.0 Å². The fourth-order valence-corrected chi connectivity index (χ4v) is 1.57. The largest absolute Gasteiger partial charge is 0.435 e. The number of carbonyl (C=O) groups excluding carboxylic acids is 1. The summed E-state index contributed by atoms with van der Waals surface area (Å²) in [5.41, 5.74) is -1.27. The van der Waals surface area contributed by atoms with Crippen LogP contribution in [0.5, 0.6) is 0 Å². The van der Waals surface area contributed by atoms with E-state index >= 15 is 0 Å². The van der Waals surface area contributed by atoms with E-state index in [1.807, 2.05) is 0 Å². The number of anilines is 1. The zero-order chi connectivity index (χ0) is 15.6.